The molecule has 1 fully saturated rings. The van der Waals surface area contributed by atoms with Crippen molar-refractivity contribution in [1.29, 1.82) is 0 Å². The fourth-order valence-electron chi connectivity index (χ4n) is 1.82. The molecule has 0 aromatic carbocycles. The van der Waals surface area contributed by atoms with Crippen molar-refractivity contribution in [2.75, 3.05) is 6.61 Å². The Morgan fingerprint density at radius 1 is 1.27 bits per heavy atom. The van der Waals surface area contributed by atoms with Gasteiger partial charge in [0.1, 0.15) is 0 Å². The van der Waals surface area contributed by atoms with Crippen molar-refractivity contribution in [3.05, 3.63) is 0 Å². The van der Waals surface area contributed by atoms with E-state index in [9.17, 15) is 5.11 Å². The summed E-state index contributed by atoms with van der Waals surface area (Å²) in [5, 5.41) is 18.0. The first-order chi connectivity index (χ1) is 5.24. The molecule has 0 spiro atoms. The summed E-state index contributed by atoms with van der Waals surface area (Å²) in [5.41, 5.74) is 0. The van der Waals surface area contributed by atoms with Crippen molar-refractivity contribution in [2.45, 2.75) is 38.7 Å². The number of aliphatic hydroxyl groups excluding tert-OH is 2. The Morgan fingerprint density at radius 2 is 1.82 bits per heavy atom. The Balaban J connectivity index is 2.27. The number of hydrogen-bond acceptors (Lipinski definition) is 2. The monoisotopic (exact) mass is 158 g/mol. The molecule has 1 atom stereocenters. The Kier molecular flexibility index (Phi) is 3.34. The van der Waals surface area contributed by atoms with Gasteiger partial charge in [0, 0.05) is 0 Å². The van der Waals surface area contributed by atoms with Gasteiger partial charge in [-0.05, 0) is 24.7 Å². The molecule has 0 saturated heterocycles. The molecule has 1 aliphatic rings. The quantitative estimate of drug-likeness (QED) is 0.633. The van der Waals surface area contributed by atoms with E-state index in [4.69, 9.17) is 5.11 Å². The second kappa shape index (κ2) is 4.07. The number of aliphatic hydroxyl groups is 2. The molecule has 1 saturated carbocycles. The maximum atomic E-state index is 9.32. The summed E-state index contributed by atoms with van der Waals surface area (Å²) in [7, 11) is 0. The van der Waals surface area contributed by atoms with Crippen molar-refractivity contribution < 1.29 is 10.2 Å². The van der Waals surface area contributed by atoms with E-state index in [-0.39, 0.29) is 6.61 Å². The maximum Gasteiger partial charge on any atom is 0.0799 e. The maximum absolute atomic E-state index is 9.32. The molecule has 0 heterocycles. The summed E-state index contributed by atoms with van der Waals surface area (Å²) >= 11 is 0. The van der Waals surface area contributed by atoms with Crippen molar-refractivity contribution in [1.82, 2.24) is 0 Å². The highest BCUT2D eigenvalue weighted by molar-refractivity contribution is 4.75. The molecule has 0 amide bonds. The van der Waals surface area contributed by atoms with Gasteiger partial charge in [0.15, 0.2) is 0 Å². The molecule has 66 valence electrons. The van der Waals surface area contributed by atoms with E-state index in [1.807, 2.05) is 0 Å². The number of rotatable bonds is 2. The fourth-order valence-corrected chi connectivity index (χ4v) is 1.82. The molecule has 0 bridgehead atoms. The predicted molar refractivity (Wildman–Crippen MR) is 44.2 cm³/mol. The van der Waals surface area contributed by atoms with E-state index in [1.165, 1.54) is 12.8 Å². The van der Waals surface area contributed by atoms with Crippen molar-refractivity contribution in [3.8, 4) is 0 Å². The van der Waals surface area contributed by atoms with Gasteiger partial charge >= 0.3 is 0 Å². The molecule has 0 radical (unpaired) electrons. The van der Waals surface area contributed by atoms with Gasteiger partial charge in [-0.25, -0.2) is 0 Å². The molecule has 0 unspecified atom stereocenters. The van der Waals surface area contributed by atoms with Gasteiger partial charge in [-0.15, -0.1) is 0 Å². The van der Waals surface area contributed by atoms with E-state index < -0.39 is 6.10 Å². The highest BCUT2D eigenvalue weighted by Crippen LogP contribution is 2.30. The van der Waals surface area contributed by atoms with E-state index in [2.05, 4.69) is 6.92 Å². The summed E-state index contributed by atoms with van der Waals surface area (Å²) in [6.07, 6.45) is 4.12. The minimum atomic E-state index is -0.470. The summed E-state index contributed by atoms with van der Waals surface area (Å²) < 4.78 is 0. The van der Waals surface area contributed by atoms with Crippen LogP contribution in [0.1, 0.15) is 32.6 Å². The summed E-state index contributed by atoms with van der Waals surface area (Å²) in [4.78, 5) is 0. The van der Waals surface area contributed by atoms with Crippen molar-refractivity contribution in [3.63, 3.8) is 0 Å². The zero-order chi connectivity index (χ0) is 8.27. The first-order valence-electron chi connectivity index (χ1n) is 4.53. The van der Waals surface area contributed by atoms with E-state index in [1.54, 1.807) is 0 Å². The van der Waals surface area contributed by atoms with Gasteiger partial charge in [-0.1, -0.05) is 19.8 Å². The smallest absolute Gasteiger partial charge is 0.0799 e. The van der Waals surface area contributed by atoms with Crippen LogP contribution in [0.15, 0.2) is 0 Å². The average Bonchev–Trinajstić information content (AvgIpc) is 2.05. The van der Waals surface area contributed by atoms with Gasteiger partial charge in [0.05, 0.1) is 12.7 Å². The Hall–Kier alpha value is -0.0800. The van der Waals surface area contributed by atoms with E-state index >= 15 is 0 Å². The van der Waals surface area contributed by atoms with Crippen LogP contribution in [0, 0.1) is 11.8 Å². The van der Waals surface area contributed by atoms with Gasteiger partial charge in [-0.3, -0.25) is 0 Å². The van der Waals surface area contributed by atoms with Crippen LogP contribution in [-0.4, -0.2) is 22.9 Å². The van der Waals surface area contributed by atoms with Crippen LogP contribution in [0.25, 0.3) is 0 Å². The zero-order valence-corrected chi connectivity index (χ0v) is 7.16. The van der Waals surface area contributed by atoms with Crippen LogP contribution in [-0.2, 0) is 0 Å². The molecular formula is C9H18O2. The molecule has 1 aliphatic carbocycles. The van der Waals surface area contributed by atoms with Gasteiger partial charge in [-0.2, -0.15) is 0 Å². The highest BCUT2D eigenvalue weighted by Gasteiger charge is 2.23. The minimum absolute atomic E-state index is 0.0704. The van der Waals surface area contributed by atoms with Crippen LogP contribution in [0.5, 0.6) is 0 Å². The second-order valence-corrected chi connectivity index (χ2v) is 3.77. The van der Waals surface area contributed by atoms with E-state index in [0.29, 0.717) is 5.92 Å². The first kappa shape index (κ1) is 9.01. The normalized spacial score (nSPS) is 35.2. The lowest BCUT2D eigenvalue weighted by atomic mass is 9.80. The highest BCUT2D eigenvalue weighted by atomic mass is 16.3. The topological polar surface area (TPSA) is 40.5 Å². The predicted octanol–water partition coefficient (Wildman–Crippen LogP) is 1.17. The lowest BCUT2D eigenvalue weighted by molar-refractivity contribution is 0.0271. The molecule has 2 N–H and O–H groups in total. The lowest BCUT2D eigenvalue weighted by Crippen LogP contribution is -2.27. The standard InChI is InChI=1S/C9H18O2/c1-7-2-4-8(5-3-7)9(11)6-10/h7-11H,2-6H2,1H3/t7?,8?,9-/m0/s1. The van der Waals surface area contributed by atoms with Crippen LogP contribution in [0.4, 0.5) is 0 Å². The van der Waals surface area contributed by atoms with Crippen LogP contribution in [0.3, 0.4) is 0 Å². The number of hydrogen-bond donors (Lipinski definition) is 2. The molecule has 2 heteroatoms. The molecule has 1 rings (SSSR count). The molecule has 2 nitrogen and oxygen atoms in total. The fraction of sp³-hybridized carbons (Fsp3) is 1.00. The van der Waals surface area contributed by atoms with Crippen LogP contribution in [0.2, 0.25) is 0 Å². The third-order valence-electron chi connectivity index (χ3n) is 2.79. The lowest BCUT2D eigenvalue weighted by Gasteiger charge is -2.28. The van der Waals surface area contributed by atoms with Crippen LogP contribution < -0.4 is 0 Å². The Bertz CT molecular complexity index is 106. The summed E-state index contributed by atoms with van der Waals surface area (Å²) in [5.74, 6) is 1.17. The molecule has 0 aliphatic heterocycles. The van der Waals surface area contributed by atoms with Gasteiger partial charge < -0.3 is 10.2 Å². The third-order valence-corrected chi connectivity index (χ3v) is 2.79. The van der Waals surface area contributed by atoms with Gasteiger partial charge in [0.25, 0.3) is 0 Å². The second-order valence-electron chi connectivity index (χ2n) is 3.77. The van der Waals surface area contributed by atoms with E-state index in [0.717, 1.165) is 18.8 Å². The minimum Gasteiger partial charge on any atom is -0.394 e. The first-order valence-corrected chi connectivity index (χ1v) is 4.53. The molecule has 0 aromatic rings. The van der Waals surface area contributed by atoms with Crippen molar-refractivity contribution >= 4 is 0 Å². The summed E-state index contributed by atoms with van der Waals surface area (Å²) in [6, 6.07) is 0. The zero-order valence-electron chi connectivity index (χ0n) is 7.16. The Morgan fingerprint density at radius 3 is 2.27 bits per heavy atom. The largest absolute Gasteiger partial charge is 0.394 e. The average molecular weight is 158 g/mol. The Labute approximate surface area is 68.2 Å². The SMILES string of the molecule is CC1CCC([C@@H](O)CO)CC1. The third kappa shape index (κ3) is 2.46. The van der Waals surface area contributed by atoms with Crippen molar-refractivity contribution in [2.24, 2.45) is 11.8 Å². The molecule has 0 aromatic heterocycles. The summed E-state index contributed by atoms with van der Waals surface area (Å²) in [6.45, 7) is 2.18. The molecule has 11 heavy (non-hydrogen) atoms. The van der Waals surface area contributed by atoms with Crippen LogP contribution >= 0.6 is 0 Å². The molecular weight excluding hydrogens is 140 g/mol. The van der Waals surface area contributed by atoms with Gasteiger partial charge in [0.2, 0.25) is 0 Å².